The molecule has 4 aliphatic heterocycles. The predicted molar refractivity (Wildman–Crippen MR) is 244 cm³/mol. The maximum absolute atomic E-state index is 2.58. The third kappa shape index (κ3) is 7.78. The largest absolute Gasteiger partial charge is 0.382 e. The summed E-state index contributed by atoms with van der Waals surface area (Å²) in [7, 11) is 47.6. The van der Waals surface area contributed by atoms with Crippen LogP contribution < -0.4 is 0 Å². The zero-order valence-corrected chi connectivity index (χ0v) is 39.0. The van der Waals surface area contributed by atoms with E-state index in [0.29, 0.717) is 0 Å². The van der Waals surface area contributed by atoms with Crippen LogP contribution >= 0.6 is 0 Å². The molecule has 54 heavy (non-hydrogen) atoms. The van der Waals surface area contributed by atoms with Crippen molar-refractivity contribution >= 4 is 85.0 Å². The SMILES string of the molecule is CB1N(C)B(N(C)C)N(C)B(N(C)B2N(C)B(N(C)B3N(C)B(C)N(C)B(N(C)C)N3C)N(C)B(N(C)B3N(C)B(C)N(C)B(N(C)C)N3C)N2C)N1C. The van der Waals surface area contributed by atoms with Gasteiger partial charge in [0.1, 0.15) is 0 Å². The molecule has 0 amide bonds. The van der Waals surface area contributed by atoms with Gasteiger partial charge in [-0.05, 0) is 148 Å². The van der Waals surface area contributed by atoms with E-state index in [1.807, 2.05) is 0 Å². The smallest absolute Gasteiger partial charge is 0.346 e. The van der Waals surface area contributed by atoms with Gasteiger partial charge in [0.15, 0.2) is 0 Å². The molecule has 0 aliphatic carbocycles. The van der Waals surface area contributed by atoms with Gasteiger partial charge in [-0.25, -0.2) is 0 Å². The van der Waals surface area contributed by atoms with Crippen molar-refractivity contribution in [3.63, 3.8) is 0 Å². The van der Waals surface area contributed by atoms with E-state index < -0.39 is 0 Å². The van der Waals surface area contributed by atoms with Crippen molar-refractivity contribution < 1.29 is 0 Å². The number of hydrogen-bond donors (Lipinski definition) is 0. The summed E-state index contributed by atoms with van der Waals surface area (Å²) < 4.78 is 37.8. The lowest BCUT2D eigenvalue weighted by Gasteiger charge is -2.62. The van der Waals surface area contributed by atoms with Crippen molar-refractivity contribution in [2.75, 3.05) is 148 Å². The second-order valence-electron chi connectivity index (χ2n) is 17.9. The molecular weight excluding hydrogens is 670 g/mol. The minimum atomic E-state index is -0.0673. The molecule has 4 fully saturated rings. The molecule has 0 bridgehead atoms. The number of nitrogens with zero attached hydrogens (tertiary/aromatic N) is 18. The summed E-state index contributed by atoms with van der Waals surface area (Å²) in [6, 6.07) is 0. The fraction of sp³-hybridized carbons (Fsp3) is 1.00. The monoisotopic (exact) mass is 745 g/mol. The summed E-state index contributed by atoms with van der Waals surface area (Å²) in [4.78, 5) is 6.96. The van der Waals surface area contributed by atoms with Gasteiger partial charge in [-0.3, -0.25) is 0 Å². The second-order valence-corrected chi connectivity index (χ2v) is 17.9. The van der Waals surface area contributed by atoms with E-state index in [0.717, 1.165) is 0 Å². The normalized spacial score (nSPS) is 24.3. The summed E-state index contributed by atoms with van der Waals surface area (Å²) in [6.45, 7) is 7.66. The predicted octanol–water partition coefficient (Wildman–Crippen LogP) is -5.08. The first-order valence-corrected chi connectivity index (χ1v) is 19.6. The zero-order valence-electron chi connectivity index (χ0n) is 39.0. The van der Waals surface area contributed by atoms with Crippen LogP contribution in [0.4, 0.5) is 0 Å². The molecule has 4 heterocycles. The van der Waals surface area contributed by atoms with Gasteiger partial charge in [0.2, 0.25) is 0 Å². The Labute approximate surface area is 337 Å². The Kier molecular flexibility index (Phi) is 15.3. The summed E-state index contributed by atoms with van der Waals surface area (Å²) in [6.07, 6.45) is 0. The van der Waals surface area contributed by atoms with E-state index in [2.05, 4.69) is 254 Å². The van der Waals surface area contributed by atoms with E-state index in [1.54, 1.807) is 0 Å². The molecule has 0 radical (unpaired) electrons. The Bertz CT molecular complexity index is 1090. The third-order valence-corrected chi connectivity index (χ3v) is 13.7. The van der Waals surface area contributed by atoms with Crippen molar-refractivity contribution in [2.24, 2.45) is 0 Å². The molecule has 0 aromatic rings. The first kappa shape index (κ1) is 46.7. The highest BCUT2D eigenvalue weighted by Gasteiger charge is 2.63. The van der Waals surface area contributed by atoms with E-state index >= 15 is 0 Å². The average Bonchev–Trinajstić information content (AvgIpc) is 3.05. The van der Waals surface area contributed by atoms with Crippen LogP contribution in [0, 0.1) is 0 Å². The molecule has 30 heteroatoms. The zero-order chi connectivity index (χ0) is 41.3. The Morgan fingerprint density at radius 1 is 0.222 bits per heavy atom. The molecule has 294 valence electrons. The minimum Gasteiger partial charge on any atom is -0.346 e. The van der Waals surface area contributed by atoms with E-state index in [-0.39, 0.29) is 85.0 Å². The van der Waals surface area contributed by atoms with Gasteiger partial charge in [-0.1, -0.05) is 20.5 Å². The van der Waals surface area contributed by atoms with Crippen LogP contribution in [-0.4, -0.2) is 318 Å². The summed E-state index contributed by atoms with van der Waals surface area (Å²) in [5.74, 6) is 0. The van der Waals surface area contributed by atoms with Gasteiger partial charge < -0.3 is 85.3 Å². The first-order valence-electron chi connectivity index (χ1n) is 19.6. The van der Waals surface area contributed by atoms with Crippen LogP contribution in [-0.2, 0) is 0 Å². The van der Waals surface area contributed by atoms with Crippen LogP contribution in [0.1, 0.15) is 0 Å². The molecule has 4 saturated heterocycles. The molecule has 0 spiro atoms. The molecule has 0 saturated carbocycles. The second kappa shape index (κ2) is 17.7. The number of rotatable bonds is 9. The molecule has 0 aromatic heterocycles. The molecule has 0 N–H and O–H groups in total. The highest BCUT2D eigenvalue weighted by molar-refractivity contribution is 6.95. The van der Waals surface area contributed by atoms with Crippen molar-refractivity contribution in [1.29, 1.82) is 0 Å². The van der Waals surface area contributed by atoms with Crippen molar-refractivity contribution in [2.45, 2.75) is 20.5 Å². The quantitative estimate of drug-likeness (QED) is 0.212. The fourth-order valence-electron chi connectivity index (χ4n) is 11.3. The van der Waals surface area contributed by atoms with Gasteiger partial charge >= 0.3 is 64.1 Å². The maximum Gasteiger partial charge on any atom is 0.382 e. The Balaban J connectivity index is 1.87. The highest BCUT2D eigenvalue weighted by Crippen LogP contribution is 2.29. The van der Waals surface area contributed by atoms with Crippen LogP contribution in [0.25, 0.3) is 0 Å². The Morgan fingerprint density at radius 3 is 0.519 bits per heavy atom. The van der Waals surface area contributed by atoms with Gasteiger partial charge in [-0.15, -0.1) is 0 Å². The Morgan fingerprint density at radius 2 is 0.352 bits per heavy atom. The van der Waals surface area contributed by atoms with Crippen LogP contribution in [0.2, 0.25) is 20.5 Å². The molecular formula is C24H72B12N18. The number of hydrogen-bond acceptors (Lipinski definition) is 18. The Hall–Kier alpha value is 0.0592. The highest BCUT2D eigenvalue weighted by atomic mass is 15.5. The molecule has 18 nitrogen and oxygen atoms in total. The lowest BCUT2D eigenvalue weighted by Crippen LogP contribution is -2.92. The lowest BCUT2D eigenvalue weighted by molar-refractivity contribution is 0.364. The van der Waals surface area contributed by atoms with Gasteiger partial charge in [-0.2, -0.15) is 0 Å². The molecule has 4 rings (SSSR count). The summed E-state index contributed by atoms with van der Waals surface area (Å²) >= 11 is 0. The molecule has 4 aliphatic rings. The summed E-state index contributed by atoms with van der Waals surface area (Å²) in [5, 5.41) is 0. The summed E-state index contributed by atoms with van der Waals surface area (Å²) in [5.41, 5.74) is 0. The average molecular weight is 743 g/mol. The topological polar surface area (TPSA) is 58.3 Å². The molecule has 0 atom stereocenters. The van der Waals surface area contributed by atoms with Crippen LogP contribution in [0.5, 0.6) is 0 Å². The molecule has 0 aromatic carbocycles. The lowest BCUT2D eigenvalue weighted by atomic mass is 9.44. The van der Waals surface area contributed by atoms with Crippen molar-refractivity contribution in [3.8, 4) is 0 Å². The minimum absolute atomic E-state index is 0.0254. The van der Waals surface area contributed by atoms with E-state index in [4.69, 9.17) is 0 Å². The third-order valence-electron chi connectivity index (χ3n) is 13.7. The van der Waals surface area contributed by atoms with Gasteiger partial charge in [0.05, 0.1) is 0 Å². The first-order chi connectivity index (χ1) is 24.9. The van der Waals surface area contributed by atoms with E-state index in [9.17, 15) is 0 Å². The fourth-order valence-corrected chi connectivity index (χ4v) is 11.3. The maximum atomic E-state index is 2.58. The van der Waals surface area contributed by atoms with Gasteiger partial charge in [0.25, 0.3) is 20.9 Å². The standard InChI is InChI=1S/C24H72B12N18/c1-25-40(10)28(37(4)5)46(16)31(43(25)13)49(19)34-52(22)35(50(20)32-44(14)26(2)41(11)29(38(6)7)47(32)17)54(24)36(53(34)23)51(21)33-45(15)27(3)42(12)30(39(8)9)48(33)18/h1-24H3. The molecule has 0 unspecified atom stereocenters. The van der Waals surface area contributed by atoms with E-state index in [1.165, 1.54) is 0 Å². The van der Waals surface area contributed by atoms with Crippen LogP contribution in [0.3, 0.4) is 0 Å². The van der Waals surface area contributed by atoms with Crippen molar-refractivity contribution in [1.82, 2.24) is 85.3 Å². The van der Waals surface area contributed by atoms with Gasteiger partial charge in [0, 0.05) is 0 Å². The van der Waals surface area contributed by atoms with Crippen LogP contribution in [0.15, 0.2) is 0 Å². The van der Waals surface area contributed by atoms with Crippen molar-refractivity contribution in [3.05, 3.63) is 0 Å².